The first-order chi connectivity index (χ1) is 6.74. The molecule has 0 bridgehead atoms. The quantitative estimate of drug-likeness (QED) is 0.529. The van der Waals surface area contributed by atoms with Gasteiger partial charge in [-0.1, -0.05) is 6.07 Å². The van der Waals surface area contributed by atoms with Crippen molar-refractivity contribution in [3.8, 4) is 0 Å². The summed E-state index contributed by atoms with van der Waals surface area (Å²) < 4.78 is 4.61. The zero-order valence-corrected chi connectivity index (χ0v) is 7.70. The second-order valence-electron chi connectivity index (χ2n) is 2.96. The van der Waals surface area contributed by atoms with Crippen LogP contribution in [0, 0.1) is 0 Å². The molecule has 4 nitrogen and oxygen atoms in total. The number of aromatic amines is 1. The molecule has 1 heterocycles. The number of fused-ring (bicyclic) bond motifs is 1. The molecule has 1 aromatic heterocycles. The first-order valence-electron chi connectivity index (χ1n) is 4.18. The molecular formula is C10H10N2O2. The van der Waals surface area contributed by atoms with Crippen molar-refractivity contribution in [2.24, 2.45) is 0 Å². The molecule has 1 aromatic carbocycles. The molecule has 0 aliphatic rings. The van der Waals surface area contributed by atoms with Crippen molar-refractivity contribution in [2.75, 3.05) is 12.8 Å². The Hall–Kier alpha value is -1.97. The van der Waals surface area contributed by atoms with Gasteiger partial charge in [0.25, 0.3) is 0 Å². The highest BCUT2D eigenvalue weighted by Crippen LogP contribution is 2.23. The van der Waals surface area contributed by atoms with Crippen LogP contribution in [0.3, 0.4) is 0 Å². The number of nitrogen functional groups attached to an aromatic ring is 1. The van der Waals surface area contributed by atoms with Gasteiger partial charge in [-0.2, -0.15) is 0 Å². The van der Waals surface area contributed by atoms with Gasteiger partial charge in [-0.15, -0.1) is 0 Å². The van der Waals surface area contributed by atoms with E-state index in [9.17, 15) is 4.79 Å². The molecule has 0 spiro atoms. The lowest BCUT2D eigenvalue weighted by Gasteiger charge is -2.04. The van der Waals surface area contributed by atoms with Crippen molar-refractivity contribution in [3.63, 3.8) is 0 Å². The third-order valence-electron chi connectivity index (χ3n) is 2.17. The van der Waals surface area contributed by atoms with E-state index < -0.39 is 5.97 Å². The number of esters is 1. The average Bonchev–Trinajstić information content (AvgIpc) is 2.66. The Morgan fingerprint density at radius 3 is 2.93 bits per heavy atom. The van der Waals surface area contributed by atoms with Crippen molar-refractivity contribution in [1.29, 1.82) is 0 Å². The molecule has 3 N–H and O–H groups in total. The summed E-state index contributed by atoms with van der Waals surface area (Å²) in [7, 11) is 1.33. The van der Waals surface area contributed by atoms with Crippen LogP contribution in [0.1, 0.15) is 10.4 Å². The Balaban J connectivity index is 2.67. The third kappa shape index (κ3) is 1.12. The smallest absolute Gasteiger partial charge is 0.340 e. The first kappa shape index (κ1) is 8.62. The summed E-state index contributed by atoms with van der Waals surface area (Å²) in [5.74, 6) is -0.418. The van der Waals surface area contributed by atoms with Crippen LogP contribution >= 0.6 is 0 Å². The number of hydrogen-bond acceptors (Lipinski definition) is 3. The van der Waals surface area contributed by atoms with Crippen molar-refractivity contribution in [2.45, 2.75) is 0 Å². The van der Waals surface area contributed by atoms with Gasteiger partial charge in [0.1, 0.15) is 0 Å². The van der Waals surface area contributed by atoms with Crippen LogP contribution in [-0.2, 0) is 4.74 Å². The van der Waals surface area contributed by atoms with Crippen molar-refractivity contribution < 1.29 is 9.53 Å². The summed E-state index contributed by atoms with van der Waals surface area (Å²) in [6.07, 6.45) is 1.78. The van der Waals surface area contributed by atoms with E-state index in [1.165, 1.54) is 7.11 Å². The maximum Gasteiger partial charge on any atom is 0.340 e. The number of hydrogen-bond donors (Lipinski definition) is 2. The summed E-state index contributed by atoms with van der Waals surface area (Å²) in [5.41, 5.74) is 7.40. The Kier molecular flexibility index (Phi) is 1.89. The second kappa shape index (κ2) is 3.06. The number of ether oxygens (including phenoxy) is 1. The molecule has 4 heteroatoms. The van der Waals surface area contributed by atoms with E-state index in [0.717, 1.165) is 10.9 Å². The maximum atomic E-state index is 11.3. The topological polar surface area (TPSA) is 68.1 Å². The predicted octanol–water partition coefficient (Wildman–Crippen LogP) is 1.54. The van der Waals surface area contributed by atoms with Gasteiger partial charge in [0.05, 0.1) is 23.9 Å². The molecule has 0 radical (unpaired) electrons. The molecule has 72 valence electrons. The molecule has 0 unspecified atom stereocenters. The minimum absolute atomic E-state index is 0.391. The van der Waals surface area contributed by atoms with Gasteiger partial charge in [-0.05, 0) is 12.1 Å². The largest absolute Gasteiger partial charge is 0.465 e. The summed E-state index contributed by atoms with van der Waals surface area (Å²) in [6.45, 7) is 0. The number of carbonyl (C=O) groups is 1. The highest BCUT2D eigenvalue weighted by atomic mass is 16.5. The molecule has 0 saturated heterocycles. The first-order valence-corrected chi connectivity index (χ1v) is 4.18. The predicted molar refractivity (Wildman–Crippen MR) is 54.1 cm³/mol. The number of carbonyl (C=O) groups excluding carboxylic acids is 1. The lowest BCUT2D eigenvalue weighted by atomic mass is 10.1. The van der Waals surface area contributed by atoms with Gasteiger partial charge in [0.15, 0.2) is 0 Å². The van der Waals surface area contributed by atoms with Crippen molar-refractivity contribution in [1.82, 2.24) is 4.98 Å². The summed E-state index contributed by atoms with van der Waals surface area (Å²) in [6, 6.07) is 5.39. The molecule has 0 aliphatic heterocycles. The number of H-pyrrole nitrogens is 1. The van der Waals surface area contributed by atoms with E-state index in [2.05, 4.69) is 9.72 Å². The van der Waals surface area contributed by atoms with Gasteiger partial charge in [-0.25, -0.2) is 4.79 Å². The average molecular weight is 190 g/mol. The molecule has 2 aromatic rings. The fourth-order valence-electron chi connectivity index (χ4n) is 1.44. The maximum absolute atomic E-state index is 11.3. The Morgan fingerprint density at radius 2 is 2.21 bits per heavy atom. The number of nitrogens with one attached hydrogen (secondary N) is 1. The van der Waals surface area contributed by atoms with Crippen molar-refractivity contribution >= 4 is 22.6 Å². The molecule has 0 saturated carbocycles. The van der Waals surface area contributed by atoms with Crippen LogP contribution in [0.4, 0.5) is 5.69 Å². The van der Waals surface area contributed by atoms with E-state index in [1.807, 2.05) is 12.1 Å². The summed E-state index contributed by atoms with van der Waals surface area (Å²) in [4.78, 5) is 14.3. The molecule has 0 amide bonds. The van der Waals surface area contributed by atoms with Gasteiger partial charge < -0.3 is 15.5 Å². The van der Waals surface area contributed by atoms with Crippen molar-refractivity contribution in [3.05, 3.63) is 30.0 Å². The number of aromatic nitrogens is 1. The monoisotopic (exact) mass is 190 g/mol. The second-order valence-corrected chi connectivity index (χ2v) is 2.96. The molecule has 0 fully saturated rings. The van der Waals surface area contributed by atoms with Gasteiger partial charge in [0.2, 0.25) is 0 Å². The zero-order chi connectivity index (χ0) is 10.1. The molecular weight excluding hydrogens is 180 g/mol. The standard InChI is InChI=1S/C10H10N2O2/c1-14-10(13)7-3-2-6-4-5-12-9(6)8(7)11/h2-5,12H,11H2,1H3. The Bertz CT molecular complexity index is 488. The van der Waals surface area contributed by atoms with Gasteiger partial charge in [0, 0.05) is 11.6 Å². The van der Waals surface area contributed by atoms with E-state index in [4.69, 9.17) is 5.73 Å². The number of nitrogens with two attached hydrogens (primary N) is 1. The van der Waals surface area contributed by atoms with Gasteiger partial charge in [-0.3, -0.25) is 0 Å². The van der Waals surface area contributed by atoms with E-state index in [0.29, 0.717) is 11.3 Å². The molecule has 14 heavy (non-hydrogen) atoms. The minimum atomic E-state index is -0.418. The van der Waals surface area contributed by atoms with Crippen LogP contribution in [0.25, 0.3) is 10.9 Å². The van der Waals surface area contributed by atoms with E-state index >= 15 is 0 Å². The fourth-order valence-corrected chi connectivity index (χ4v) is 1.44. The van der Waals surface area contributed by atoms with Crippen LogP contribution in [0.15, 0.2) is 24.4 Å². The Morgan fingerprint density at radius 1 is 1.43 bits per heavy atom. The lowest BCUT2D eigenvalue weighted by molar-refractivity contribution is 0.0602. The van der Waals surface area contributed by atoms with Crippen LogP contribution < -0.4 is 5.73 Å². The summed E-state index contributed by atoms with van der Waals surface area (Å²) >= 11 is 0. The number of methoxy groups -OCH3 is 1. The summed E-state index contributed by atoms with van der Waals surface area (Å²) in [5, 5.41) is 0.982. The number of benzene rings is 1. The van der Waals surface area contributed by atoms with Gasteiger partial charge >= 0.3 is 5.97 Å². The zero-order valence-electron chi connectivity index (χ0n) is 7.70. The number of rotatable bonds is 1. The minimum Gasteiger partial charge on any atom is -0.465 e. The van der Waals surface area contributed by atoms with Crippen LogP contribution in [0.5, 0.6) is 0 Å². The SMILES string of the molecule is COC(=O)c1ccc2cc[nH]c2c1N. The van der Waals surface area contributed by atoms with E-state index in [-0.39, 0.29) is 0 Å². The van der Waals surface area contributed by atoms with Crippen LogP contribution in [0.2, 0.25) is 0 Å². The number of anilines is 1. The van der Waals surface area contributed by atoms with Crippen LogP contribution in [-0.4, -0.2) is 18.1 Å². The Labute approximate surface area is 80.7 Å². The molecule has 0 atom stereocenters. The third-order valence-corrected chi connectivity index (χ3v) is 2.17. The molecule has 0 aliphatic carbocycles. The lowest BCUT2D eigenvalue weighted by Crippen LogP contribution is -2.05. The highest BCUT2D eigenvalue weighted by molar-refractivity contribution is 6.04. The normalized spacial score (nSPS) is 10.4. The molecule has 2 rings (SSSR count). The van der Waals surface area contributed by atoms with E-state index in [1.54, 1.807) is 12.3 Å². The highest BCUT2D eigenvalue weighted by Gasteiger charge is 2.12. The fraction of sp³-hybridized carbons (Fsp3) is 0.100.